The van der Waals surface area contributed by atoms with E-state index in [1.807, 2.05) is 25.1 Å². The van der Waals surface area contributed by atoms with Crippen LogP contribution in [0.5, 0.6) is 5.75 Å². The first-order chi connectivity index (χ1) is 12.3. The van der Waals surface area contributed by atoms with Crippen LogP contribution in [0, 0.1) is 11.3 Å². The highest BCUT2D eigenvalue weighted by Gasteiger charge is 2.21. The molecule has 0 amide bonds. The third-order valence-electron chi connectivity index (χ3n) is 4.69. The van der Waals surface area contributed by atoms with Crippen LogP contribution in [0.3, 0.4) is 0 Å². The molecule has 4 heteroatoms. The lowest BCUT2D eigenvalue weighted by Crippen LogP contribution is -2.31. The van der Waals surface area contributed by atoms with Gasteiger partial charge in [0.05, 0.1) is 23.4 Å². The highest BCUT2D eigenvalue weighted by atomic mass is 16.5. The molecule has 0 spiro atoms. The van der Waals surface area contributed by atoms with E-state index in [0.717, 1.165) is 41.9 Å². The molecule has 3 aromatic rings. The molecule has 124 valence electrons. The van der Waals surface area contributed by atoms with Crippen molar-refractivity contribution in [2.75, 3.05) is 18.1 Å². The smallest absolute Gasteiger partial charge is 0.120 e. The predicted molar refractivity (Wildman–Crippen MR) is 98.8 cm³/mol. The topological polar surface area (TPSA) is 49.1 Å². The average molecular weight is 329 g/mol. The molecule has 1 aliphatic rings. The van der Waals surface area contributed by atoms with Crippen molar-refractivity contribution < 1.29 is 4.74 Å². The number of aromatic nitrogens is 1. The van der Waals surface area contributed by atoms with E-state index in [4.69, 9.17) is 4.74 Å². The Morgan fingerprint density at radius 3 is 2.84 bits per heavy atom. The molecule has 0 unspecified atom stereocenters. The molecule has 0 atom stereocenters. The molecular weight excluding hydrogens is 310 g/mol. The maximum Gasteiger partial charge on any atom is 0.120 e. The Labute approximate surface area is 147 Å². The molecule has 0 aliphatic carbocycles. The van der Waals surface area contributed by atoms with Crippen molar-refractivity contribution in [1.82, 2.24) is 4.98 Å². The van der Waals surface area contributed by atoms with Crippen LogP contribution in [0.15, 0.2) is 48.7 Å². The van der Waals surface area contributed by atoms with E-state index in [-0.39, 0.29) is 0 Å². The lowest BCUT2D eigenvalue weighted by atomic mass is 9.98. The van der Waals surface area contributed by atoms with E-state index in [9.17, 15) is 5.26 Å². The number of ether oxygens (including phenoxy) is 1. The van der Waals surface area contributed by atoms with Crippen molar-refractivity contribution in [3.63, 3.8) is 0 Å². The van der Waals surface area contributed by atoms with Crippen molar-refractivity contribution in [2.45, 2.75) is 19.9 Å². The number of nitrogens with zero attached hydrogens (tertiary/aromatic N) is 3. The number of hydrogen-bond acceptors (Lipinski definition) is 4. The van der Waals surface area contributed by atoms with E-state index in [2.05, 4.69) is 40.2 Å². The first-order valence-corrected chi connectivity index (χ1v) is 8.57. The second-order valence-electron chi connectivity index (χ2n) is 6.18. The van der Waals surface area contributed by atoms with E-state index in [1.165, 1.54) is 11.1 Å². The zero-order valence-corrected chi connectivity index (χ0v) is 14.2. The van der Waals surface area contributed by atoms with Crippen molar-refractivity contribution in [3.05, 3.63) is 65.4 Å². The lowest BCUT2D eigenvalue weighted by Gasteiger charge is -2.32. The largest absolute Gasteiger partial charge is 0.494 e. The predicted octanol–water partition coefficient (Wildman–Crippen LogP) is 4.07. The summed E-state index contributed by atoms with van der Waals surface area (Å²) < 4.78 is 5.66. The first-order valence-electron chi connectivity index (χ1n) is 8.57. The van der Waals surface area contributed by atoms with Crippen molar-refractivity contribution in [3.8, 4) is 11.8 Å². The summed E-state index contributed by atoms with van der Waals surface area (Å²) >= 11 is 0. The highest BCUT2D eigenvalue weighted by molar-refractivity contribution is 5.95. The molecule has 0 N–H and O–H groups in total. The molecule has 0 bridgehead atoms. The van der Waals surface area contributed by atoms with Gasteiger partial charge in [0.25, 0.3) is 0 Å². The van der Waals surface area contributed by atoms with Gasteiger partial charge in [-0.05, 0) is 42.7 Å². The summed E-state index contributed by atoms with van der Waals surface area (Å²) in [5.74, 6) is 0.811. The molecule has 0 saturated heterocycles. The standard InChI is InChI=1S/C21H19N3O/c1-2-25-18-7-8-20-19(11-18)21(17(12-22)13-23-20)24-10-9-15-5-3-4-6-16(15)14-24/h3-8,11,13H,2,9-10,14H2,1H3. The number of fused-ring (bicyclic) bond motifs is 2. The molecule has 0 radical (unpaired) electrons. The molecular formula is C21H19N3O. The number of anilines is 1. The summed E-state index contributed by atoms with van der Waals surface area (Å²) in [6, 6.07) is 16.7. The van der Waals surface area contributed by atoms with E-state index < -0.39 is 0 Å². The van der Waals surface area contributed by atoms with Crippen LogP contribution in [0.2, 0.25) is 0 Å². The summed E-state index contributed by atoms with van der Waals surface area (Å²) in [5, 5.41) is 10.6. The van der Waals surface area contributed by atoms with Crippen LogP contribution >= 0.6 is 0 Å². The Kier molecular flexibility index (Phi) is 3.99. The maximum atomic E-state index is 9.63. The van der Waals surface area contributed by atoms with Crippen molar-refractivity contribution in [2.24, 2.45) is 0 Å². The summed E-state index contributed by atoms with van der Waals surface area (Å²) in [5.41, 5.74) is 5.18. The zero-order chi connectivity index (χ0) is 17.2. The molecule has 1 aromatic heterocycles. The average Bonchev–Trinajstić information content (AvgIpc) is 2.67. The molecule has 2 heterocycles. The first kappa shape index (κ1) is 15.5. The number of hydrogen-bond donors (Lipinski definition) is 0. The molecule has 0 saturated carbocycles. The van der Waals surface area contributed by atoms with Crippen LogP contribution in [0.1, 0.15) is 23.6 Å². The van der Waals surface area contributed by atoms with Crippen LogP contribution in [0.4, 0.5) is 5.69 Å². The van der Waals surface area contributed by atoms with E-state index in [1.54, 1.807) is 6.20 Å². The second-order valence-corrected chi connectivity index (χ2v) is 6.18. The SMILES string of the molecule is CCOc1ccc2ncc(C#N)c(N3CCc4ccccc4C3)c2c1. The number of pyridine rings is 1. The molecule has 25 heavy (non-hydrogen) atoms. The van der Waals surface area contributed by atoms with E-state index in [0.29, 0.717) is 12.2 Å². The molecule has 4 rings (SSSR count). The Morgan fingerprint density at radius 2 is 2.04 bits per heavy atom. The summed E-state index contributed by atoms with van der Waals surface area (Å²) in [6.45, 7) is 4.28. The summed E-state index contributed by atoms with van der Waals surface area (Å²) in [6.07, 6.45) is 2.66. The number of nitriles is 1. The third-order valence-corrected chi connectivity index (χ3v) is 4.69. The van der Waals surface area contributed by atoms with Crippen LogP contribution in [-0.2, 0) is 13.0 Å². The fourth-order valence-corrected chi connectivity index (χ4v) is 3.52. The Balaban J connectivity index is 1.85. The Hall–Kier alpha value is -3.06. The number of rotatable bonds is 3. The van der Waals surface area contributed by atoms with Crippen molar-refractivity contribution >= 4 is 16.6 Å². The minimum Gasteiger partial charge on any atom is -0.494 e. The molecule has 0 fully saturated rings. The zero-order valence-electron chi connectivity index (χ0n) is 14.2. The molecule has 1 aliphatic heterocycles. The normalized spacial score (nSPS) is 13.4. The lowest BCUT2D eigenvalue weighted by molar-refractivity contribution is 0.340. The van der Waals surface area contributed by atoms with Gasteiger partial charge >= 0.3 is 0 Å². The van der Waals surface area contributed by atoms with Gasteiger partial charge in [-0.3, -0.25) is 4.98 Å². The van der Waals surface area contributed by atoms with Gasteiger partial charge < -0.3 is 9.64 Å². The Morgan fingerprint density at radius 1 is 1.20 bits per heavy atom. The summed E-state index contributed by atoms with van der Waals surface area (Å²) in [7, 11) is 0. The third kappa shape index (κ3) is 2.78. The monoisotopic (exact) mass is 329 g/mol. The minimum atomic E-state index is 0.612. The van der Waals surface area contributed by atoms with Gasteiger partial charge in [0.2, 0.25) is 0 Å². The van der Waals surface area contributed by atoms with E-state index >= 15 is 0 Å². The van der Waals surface area contributed by atoms with Crippen LogP contribution < -0.4 is 9.64 Å². The van der Waals surface area contributed by atoms with Crippen LogP contribution in [-0.4, -0.2) is 18.1 Å². The van der Waals surface area contributed by atoms with Gasteiger partial charge in [0.1, 0.15) is 11.8 Å². The summed E-state index contributed by atoms with van der Waals surface area (Å²) in [4.78, 5) is 6.74. The van der Waals surface area contributed by atoms with Crippen molar-refractivity contribution in [1.29, 1.82) is 5.26 Å². The van der Waals surface area contributed by atoms with Gasteiger partial charge in [-0.25, -0.2) is 0 Å². The maximum absolute atomic E-state index is 9.63. The number of benzene rings is 2. The van der Waals surface area contributed by atoms with Gasteiger partial charge in [-0.1, -0.05) is 24.3 Å². The van der Waals surface area contributed by atoms with Crippen LogP contribution in [0.25, 0.3) is 10.9 Å². The van der Waals surface area contributed by atoms with Gasteiger partial charge in [0.15, 0.2) is 0 Å². The molecule has 2 aromatic carbocycles. The minimum absolute atomic E-state index is 0.612. The van der Waals surface area contributed by atoms with Gasteiger partial charge in [0, 0.05) is 24.7 Å². The fraction of sp³-hybridized carbons (Fsp3) is 0.238. The highest BCUT2D eigenvalue weighted by Crippen LogP contribution is 2.34. The molecule has 4 nitrogen and oxygen atoms in total. The van der Waals surface area contributed by atoms with Gasteiger partial charge in [-0.2, -0.15) is 5.26 Å². The Bertz CT molecular complexity index is 975. The van der Waals surface area contributed by atoms with Gasteiger partial charge in [-0.15, -0.1) is 0 Å². The second kappa shape index (κ2) is 6.45. The quantitative estimate of drug-likeness (QED) is 0.727. The fourth-order valence-electron chi connectivity index (χ4n) is 3.52.